The van der Waals surface area contributed by atoms with E-state index in [0.29, 0.717) is 0 Å². The van der Waals surface area contributed by atoms with Gasteiger partial charge in [-0.15, -0.1) is 0 Å². The molecule has 0 bridgehead atoms. The summed E-state index contributed by atoms with van der Waals surface area (Å²) in [6.07, 6.45) is -2.76. The third-order valence-electron chi connectivity index (χ3n) is 1.92. The molecule has 0 atom stereocenters. The smallest absolute Gasteiger partial charge is 0.266 e. The molecule has 0 spiro atoms. The molecule has 1 rings (SSSR count). The lowest BCUT2D eigenvalue weighted by Gasteiger charge is -2.11. The van der Waals surface area contributed by atoms with E-state index < -0.39 is 13.0 Å². The highest BCUT2D eigenvalue weighted by molar-refractivity contribution is 5.37. The van der Waals surface area contributed by atoms with Crippen LogP contribution in [0.15, 0.2) is 6.07 Å². The van der Waals surface area contributed by atoms with Gasteiger partial charge in [-0.1, -0.05) is 0 Å². The molecule has 15 heavy (non-hydrogen) atoms. The van der Waals surface area contributed by atoms with Crippen molar-refractivity contribution >= 4 is 0 Å². The molecule has 0 aliphatic heterocycles. The molecule has 80 valence electrons. The summed E-state index contributed by atoms with van der Waals surface area (Å²) in [4.78, 5) is 3.66. The summed E-state index contributed by atoms with van der Waals surface area (Å²) >= 11 is 0. The number of pyridine rings is 1. The molecular formula is C9H9F2N3O. The van der Waals surface area contributed by atoms with Gasteiger partial charge in [0.25, 0.3) is 6.43 Å². The highest BCUT2D eigenvalue weighted by Gasteiger charge is 2.19. The van der Waals surface area contributed by atoms with Crippen molar-refractivity contribution in [3.63, 3.8) is 0 Å². The first-order valence-corrected chi connectivity index (χ1v) is 4.15. The lowest BCUT2D eigenvalue weighted by molar-refractivity contribution is 0.145. The summed E-state index contributed by atoms with van der Waals surface area (Å²) in [5, 5.41) is 17.5. The zero-order valence-electron chi connectivity index (χ0n) is 7.74. The molecule has 0 aliphatic rings. The lowest BCUT2D eigenvalue weighted by atomic mass is 10.1. The Balaban J connectivity index is 3.41. The van der Waals surface area contributed by atoms with Crippen LogP contribution in [0.5, 0.6) is 0 Å². The highest BCUT2D eigenvalue weighted by atomic mass is 19.3. The maximum Gasteiger partial charge on any atom is 0.266 e. The number of halogens is 2. The molecule has 0 radical (unpaired) electrons. The van der Waals surface area contributed by atoms with Crippen LogP contribution in [0.1, 0.15) is 28.9 Å². The van der Waals surface area contributed by atoms with E-state index >= 15 is 0 Å². The second-order valence-corrected chi connectivity index (χ2v) is 2.80. The van der Waals surface area contributed by atoms with Crippen LogP contribution in [0.25, 0.3) is 0 Å². The first-order chi connectivity index (χ1) is 7.13. The van der Waals surface area contributed by atoms with Crippen LogP contribution in [-0.2, 0) is 13.2 Å². The van der Waals surface area contributed by atoms with Crippen LogP contribution in [0.3, 0.4) is 0 Å². The Hall–Kier alpha value is -1.58. The Morgan fingerprint density at radius 2 is 2.27 bits per heavy atom. The van der Waals surface area contributed by atoms with Crippen LogP contribution in [0, 0.1) is 11.3 Å². The Morgan fingerprint density at radius 3 is 2.67 bits per heavy atom. The predicted molar refractivity (Wildman–Crippen MR) is 47.7 cm³/mol. The topological polar surface area (TPSA) is 82.9 Å². The molecule has 0 saturated carbocycles. The predicted octanol–water partition coefficient (Wildman–Crippen LogP) is 0.842. The molecule has 1 aromatic rings. The molecule has 0 amide bonds. The zero-order valence-corrected chi connectivity index (χ0v) is 7.74. The van der Waals surface area contributed by atoms with E-state index in [1.165, 1.54) is 0 Å². The van der Waals surface area contributed by atoms with E-state index in [1.54, 1.807) is 6.07 Å². The van der Waals surface area contributed by atoms with Crippen molar-refractivity contribution in [2.45, 2.75) is 19.6 Å². The summed E-state index contributed by atoms with van der Waals surface area (Å²) in [6.45, 7) is -0.758. The molecule has 4 nitrogen and oxygen atoms in total. The summed E-state index contributed by atoms with van der Waals surface area (Å²) < 4.78 is 25.2. The van der Waals surface area contributed by atoms with E-state index in [4.69, 9.17) is 16.1 Å². The zero-order chi connectivity index (χ0) is 11.4. The van der Waals surface area contributed by atoms with Gasteiger partial charge in [-0.3, -0.25) is 0 Å². The van der Waals surface area contributed by atoms with Crippen molar-refractivity contribution in [2.24, 2.45) is 5.73 Å². The maximum atomic E-state index is 12.6. The van der Waals surface area contributed by atoms with Gasteiger partial charge in [0, 0.05) is 12.1 Å². The van der Waals surface area contributed by atoms with E-state index in [-0.39, 0.29) is 29.1 Å². The van der Waals surface area contributed by atoms with Crippen LogP contribution in [-0.4, -0.2) is 10.1 Å². The molecule has 0 aliphatic carbocycles. The molecule has 0 fully saturated rings. The number of aliphatic hydroxyl groups excluding tert-OH is 1. The normalized spacial score (nSPS) is 10.4. The van der Waals surface area contributed by atoms with Gasteiger partial charge in [-0.2, -0.15) is 5.26 Å². The first kappa shape index (κ1) is 11.5. The standard InChI is InChI=1S/C9H9F2N3O/c10-9(11)8-5(4-15)1-6(2-12)14-7(8)3-13/h1,9,15H,3-4,13H2. The minimum absolute atomic E-state index is 0.00278. The lowest BCUT2D eigenvalue weighted by Crippen LogP contribution is -2.10. The van der Waals surface area contributed by atoms with Gasteiger partial charge >= 0.3 is 0 Å². The van der Waals surface area contributed by atoms with Crippen molar-refractivity contribution < 1.29 is 13.9 Å². The van der Waals surface area contributed by atoms with Crippen molar-refractivity contribution in [3.8, 4) is 6.07 Å². The Morgan fingerprint density at radius 1 is 1.60 bits per heavy atom. The maximum absolute atomic E-state index is 12.6. The molecule has 0 aromatic carbocycles. The average molecular weight is 213 g/mol. The monoisotopic (exact) mass is 213 g/mol. The fourth-order valence-corrected chi connectivity index (χ4v) is 1.28. The summed E-state index contributed by atoms with van der Waals surface area (Å²) in [6, 6.07) is 2.86. The quantitative estimate of drug-likeness (QED) is 0.779. The second-order valence-electron chi connectivity index (χ2n) is 2.80. The van der Waals surface area contributed by atoms with Gasteiger partial charge < -0.3 is 10.8 Å². The average Bonchev–Trinajstić information content (AvgIpc) is 2.26. The second kappa shape index (κ2) is 4.77. The van der Waals surface area contributed by atoms with Gasteiger partial charge in [0.05, 0.1) is 12.3 Å². The minimum atomic E-state index is -2.76. The van der Waals surface area contributed by atoms with Gasteiger partial charge in [-0.05, 0) is 11.6 Å². The Labute approximate surface area is 85.0 Å². The molecule has 1 heterocycles. The van der Waals surface area contributed by atoms with Crippen LogP contribution < -0.4 is 5.73 Å². The van der Waals surface area contributed by atoms with Gasteiger partial charge in [0.2, 0.25) is 0 Å². The molecule has 6 heteroatoms. The van der Waals surface area contributed by atoms with E-state index in [2.05, 4.69) is 4.98 Å². The van der Waals surface area contributed by atoms with Crippen LogP contribution >= 0.6 is 0 Å². The number of alkyl halides is 2. The molecule has 0 saturated heterocycles. The summed E-state index contributed by atoms with van der Waals surface area (Å²) in [5.74, 6) is 0. The third kappa shape index (κ3) is 2.26. The SMILES string of the molecule is N#Cc1cc(CO)c(C(F)F)c(CN)n1. The largest absolute Gasteiger partial charge is 0.392 e. The number of hydrogen-bond acceptors (Lipinski definition) is 4. The van der Waals surface area contributed by atoms with Crippen molar-refractivity contribution in [3.05, 3.63) is 28.6 Å². The minimum Gasteiger partial charge on any atom is -0.392 e. The van der Waals surface area contributed by atoms with Crippen molar-refractivity contribution in [2.75, 3.05) is 0 Å². The van der Waals surface area contributed by atoms with Gasteiger partial charge in [0.15, 0.2) is 0 Å². The van der Waals surface area contributed by atoms with E-state index in [1.807, 2.05) is 0 Å². The number of aliphatic hydroxyl groups is 1. The molecule has 0 unspecified atom stereocenters. The number of rotatable bonds is 3. The number of aromatic nitrogens is 1. The molecular weight excluding hydrogens is 204 g/mol. The van der Waals surface area contributed by atoms with Crippen molar-refractivity contribution in [1.29, 1.82) is 5.26 Å². The summed E-state index contributed by atoms with van der Waals surface area (Å²) in [7, 11) is 0. The highest BCUT2D eigenvalue weighted by Crippen LogP contribution is 2.26. The molecule has 1 aromatic heterocycles. The molecule has 3 N–H and O–H groups in total. The van der Waals surface area contributed by atoms with Gasteiger partial charge in [-0.25, -0.2) is 13.8 Å². The first-order valence-electron chi connectivity index (χ1n) is 4.15. The van der Waals surface area contributed by atoms with Crippen LogP contribution in [0.2, 0.25) is 0 Å². The van der Waals surface area contributed by atoms with Crippen molar-refractivity contribution in [1.82, 2.24) is 4.98 Å². The van der Waals surface area contributed by atoms with E-state index in [9.17, 15) is 8.78 Å². The van der Waals surface area contributed by atoms with Crippen LogP contribution in [0.4, 0.5) is 8.78 Å². The fourth-order valence-electron chi connectivity index (χ4n) is 1.28. The fraction of sp³-hybridized carbons (Fsp3) is 0.333. The number of nitrogens with zero attached hydrogens (tertiary/aromatic N) is 2. The Kier molecular flexibility index (Phi) is 3.66. The number of nitriles is 1. The summed E-state index contributed by atoms with van der Waals surface area (Å²) in [5.41, 5.74) is 4.80. The van der Waals surface area contributed by atoms with Gasteiger partial charge in [0.1, 0.15) is 11.8 Å². The Bertz CT molecular complexity index is 376. The third-order valence-corrected chi connectivity index (χ3v) is 1.92. The number of hydrogen-bond donors (Lipinski definition) is 2. The number of nitrogens with two attached hydrogens (primary N) is 1. The van der Waals surface area contributed by atoms with E-state index in [0.717, 1.165) is 6.07 Å².